The monoisotopic (exact) mass is 356 g/mol. The second-order valence-corrected chi connectivity index (χ2v) is 7.62. The van der Waals surface area contributed by atoms with E-state index in [4.69, 9.17) is 4.74 Å². The summed E-state index contributed by atoms with van der Waals surface area (Å²) >= 11 is 0. The van der Waals surface area contributed by atoms with E-state index in [0.29, 0.717) is 24.0 Å². The Morgan fingerprint density at radius 2 is 1.85 bits per heavy atom. The summed E-state index contributed by atoms with van der Waals surface area (Å²) in [4.78, 5) is 24.2. The first-order valence-electron chi connectivity index (χ1n) is 9.15. The Labute approximate surface area is 155 Å². The molecular weight excluding hydrogens is 328 g/mol. The molecule has 0 bridgehead atoms. The summed E-state index contributed by atoms with van der Waals surface area (Å²) in [5.74, 6) is -1.37. The Bertz CT molecular complexity index is 698. The number of ether oxygens (including phenoxy) is 1. The fraction of sp³-hybridized carbons (Fsp3) is 0.455. The smallest absolute Gasteiger partial charge is 0.338 e. The van der Waals surface area contributed by atoms with Crippen molar-refractivity contribution >= 4 is 11.9 Å². The van der Waals surface area contributed by atoms with Crippen LogP contribution in [0.15, 0.2) is 53.6 Å². The van der Waals surface area contributed by atoms with E-state index < -0.39 is 18.0 Å². The van der Waals surface area contributed by atoms with Gasteiger partial charge in [-0.15, -0.1) is 0 Å². The van der Waals surface area contributed by atoms with Gasteiger partial charge in [0.15, 0.2) is 0 Å². The SMILES string of the molecule is CC1=CCCC(C(=O)O)=CC(OC(=O)c2ccccc2)C(C)(C)CCC1. The number of carboxylic acids is 1. The first-order chi connectivity index (χ1) is 12.3. The van der Waals surface area contributed by atoms with Crippen molar-refractivity contribution in [3.63, 3.8) is 0 Å². The first kappa shape index (κ1) is 20.0. The minimum Gasteiger partial charge on any atom is -0.478 e. The highest BCUT2D eigenvalue weighted by atomic mass is 16.5. The number of hydrogen-bond donors (Lipinski definition) is 1. The lowest BCUT2D eigenvalue weighted by Gasteiger charge is -2.32. The van der Waals surface area contributed by atoms with Crippen LogP contribution in [0, 0.1) is 5.41 Å². The van der Waals surface area contributed by atoms with E-state index in [9.17, 15) is 14.7 Å². The second-order valence-electron chi connectivity index (χ2n) is 7.62. The van der Waals surface area contributed by atoms with Crippen LogP contribution in [-0.2, 0) is 9.53 Å². The van der Waals surface area contributed by atoms with Gasteiger partial charge in [0.2, 0.25) is 0 Å². The molecule has 1 N–H and O–H groups in total. The molecule has 4 heteroatoms. The Kier molecular flexibility index (Phi) is 6.78. The molecular formula is C22H28O4. The minimum absolute atomic E-state index is 0.301. The number of aliphatic carboxylic acids is 1. The zero-order valence-corrected chi connectivity index (χ0v) is 15.8. The normalized spacial score (nSPS) is 21.0. The topological polar surface area (TPSA) is 63.6 Å². The summed E-state index contributed by atoms with van der Waals surface area (Å²) in [6.45, 7) is 6.15. The Hall–Kier alpha value is -2.36. The first-order valence-corrected chi connectivity index (χ1v) is 9.15. The molecule has 0 fully saturated rings. The van der Waals surface area contributed by atoms with Crippen LogP contribution in [0.5, 0.6) is 0 Å². The van der Waals surface area contributed by atoms with Gasteiger partial charge in [-0.2, -0.15) is 0 Å². The van der Waals surface area contributed by atoms with Gasteiger partial charge in [-0.1, -0.05) is 43.7 Å². The van der Waals surface area contributed by atoms with Crippen LogP contribution in [0.1, 0.15) is 63.2 Å². The van der Waals surface area contributed by atoms with Gasteiger partial charge < -0.3 is 9.84 Å². The lowest BCUT2D eigenvalue weighted by atomic mass is 9.80. The maximum absolute atomic E-state index is 12.5. The van der Waals surface area contributed by atoms with Gasteiger partial charge in [0.1, 0.15) is 6.10 Å². The number of rotatable bonds is 3. The summed E-state index contributed by atoms with van der Waals surface area (Å²) in [6, 6.07) is 8.81. The van der Waals surface area contributed by atoms with E-state index in [0.717, 1.165) is 19.3 Å². The average molecular weight is 356 g/mol. The van der Waals surface area contributed by atoms with Crippen LogP contribution in [0.3, 0.4) is 0 Å². The molecule has 2 rings (SSSR count). The molecule has 1 aromatic rings. The van der Waals surface area contributed by atoms with Crippen LogP contribution in [-0.4, -0.2) is 23.1 Å². The molecule has 1 aliphatic rings. The highest BCUT2D eigenvalue weighted by Gasteiger charge is 2.32. The summed E-state index contributed by atoms with van der Waals surface area (Å²) in [7, 11) is 0. The Morgan fingerprint density at radius 1 is 1.15 bits per heavy atom. The van der Waals surface area contributed by atoms with E-state index in [1.54, 1.807) is 30.3 Å². The van der Waals surface area contributed by atoms with Crippen LogP contribution >= 0.6 is 0 Å². The van der Waals surface area contributed by atoms with Gasteiger partial charge in [0.25, 0.3) is 0 Å². The maximum atomic E-state index is 12.5. The average Bonchev–Trinajstić information content (AvgIpc) is 2.61. The fourth-order valence-electron chi connectivity index (χ4n) is 3.16. The predicted octanol–water partition coefficient (Wildman–Crippen LogP) is 5.16. The van der Waals surface area contributed by atoms with Gasteiger partial charge in [-0.05, 0) is 57.2 Å². The molecule has 0 spiro atoms. The Balaban J connectivity index is 2.32. The predicted molar refractivity (Wildman–Crippen MR) is 102 cm³/mol. The zero-order valence-electron chi connectivity index (χ0n) is 15.8. The van der Waals surface area contributed by atoms with E-state index in [-0.39, 0.29) is 5.41 Å². The molecule has 26 heavy (non-hydrogen) atoms. The molecule has 1 aliphatic carbocycles. The summed E-state index contributed by atoms with van der Waals surface area (Å²) < 4.78 is 5.78. The number of benzene rings is 1. The van der Waals surface area contributed by atoms with E-state index in [1.807, 2.05) is 19.9 Å². The zero-order chi connectivity index (χ0) is 19.2. The second kappa shape index (κ2) is 8.84. The van der Waals surface area contributed by atoms with Crippen molar-refractivity contribution in [2.24, 2.45) is 5.41 Å². The Morgan fingerprint density at radius 3 is 2.50 bits per heavy atom. The van der Waals surface area contributed by atoms with Gasteiger partial charge >= 0.3 is 11.9 Å². The standard InChI is InChI=1S/C22H28O4/c1-16-9-7-13-18(20(23)24)15-19(22(2,3)14-8-10-16)26-21(25)17-11-5-4-6-12-17/h4-6,9,11-12,15,19H,7-8,10,13-14H2,1-3H3,(H,23,24). The molecule has 0 heterocycles. The van der Waals surface area contributed by atoms with Crippen molar-refractivity contribution in [3.8, 4) is 0 Å². The van der Waals surface area contributed by atoms with Crippen molar-refractivity contribution in [1.29, 1.82) is 0 Å². The summed E-state index contributed by atoms with van der Waals surface area (Å²) in [5.41, 5.74) is 1.70. The molecule has 0 amide bonds. The molecule has 0 saturated heterocycles. The maximum Gasteiger partial charge on any atom is 0.338 e. The highest BCUT2D eigenvalue weighted by molar-refractivity contribution is 5.90. The van der Waals surface area contributed by atoms with E-state index in [2.05, 4.69) is 13.0 Å². The molecule has 1 aromatic carbocycles. The fourth-order valence-corrected chi connectivity index (χ4v) is 3.16. The highest BCUT2D eigenvalue weighted by Crippen LogP contribution is 2.34. The van der Waals surface area contributed by atoms with Crippen LogP contribution in [0.4, 0.5) is 0 Å². The van der Waals surface area contributed by atoms with Gasteiger partial charge in [-0.25, -0.2) is 9.59 Å². The van der Waals surface area contributed by atoms with Crippen LogP contribution in [0.2, 0.25) is 0 Å². The van der Waals surface area contributed by atoms with Crippen molar-refractivity contribution < 1.29 is 19.4 Å². The number of allylic oxidation sites excluding steroid dienone is 2. The summed E-state index contributed by atoms with van der Waals surface area (Å²) in [6.07, 6.45) is 7.08. The number of carboxylic acid groups (broad SMARTS) is 1. The van der Waals surface area contributed by atoms with Crippen LogP contribution < -0.4 is 0 Å². The van der Waals surface area contributed by atoms with Crippen LogP contribution in [0.25, 0.3) is 0 Å². The van der Waals surface area contributed by atoms with Gasteiger partial charge in [0.05, 0.1) is 5.56 Å². The lowest BCUT2D eigenvalue weighted by Crippen LogP contribution is -2.33. The molecule has 0 aromatic heterocycles. The molecule has 4 nitrogen and oxygen atoms in total. The number of esters is 1. The quantitative estimate of drug-likeness (QED) is 0.600. The molecule has 140 valence electrons. The van der Waals surface area contributed by atoms with Crippen molar-refractivity contribution in [2.45, 2.75) is 59.0 Å². The third-order valence-corrected chi connectivity index (χ3v) is 4.94. The largest absolute Gasteiger partial charge is 0.478 e. The number of hydrogen-bond acceptors (Lipinski definition) is 3. The lowest BCUT2D eigenvalue weighted by molar-refractivity contribution is -0.132. The third-order valence-electron chi connectivity index (χ3n) is 4.94. The van der Waals surface area contributed by atoms with Gasteiger partial charge in [-0.3, -0.25) is 0 Å². The molecule has 1 atom stereocenters. The minimum atomic E-state index is -0.952. The van der Waals surface area contributed by atoms with Gasteiger partial charge in [0, 0.05) is 11.0 Å². The molecule has 1 unspecified atom stereocenters. The summed E-state index contributed by atoms with van der Waals surface area (Å²) in [5, 5.41) is 9.56. The number of carbonyl (C=O) groups excluding carboxylic acids is 1. The van der Waals surface area contributed by atoms with E-state index >= 15 is 0 Å². The molecule has 0 saturated carbocycles. The molecule has 0 aliphatic heterocycles. The third kappa shape index (κ3) is 5.58. The van der Waals surface area contributed by atoms with Crippen molar-refractivity contribution in [3.05, 3.63) is 59.2 Å². The van der Waals surface area contributed by atoms with Crippen molar-refractivity contribution in [2.75, 3.05) is 0 Å². The van der Waals surface area contributed by atoms with E-state index in [1.165, 1.54) is 5.57 Å². The van der Waals surface area contributed by atoms with Crippen molar-refractivity contribution in [1.82, 2.24) is 0 Å². The molecule has 0 radical (unpaired) electrons. The number of carbonyl (C=O) groups is 2.